The van der Waals surface area contributed by atoms with Crippen molar-refractivity contribution in [1.82, 2.24) is 9.97 Å². The maximum atomic E-state index is 6.30. The monoisotopic (exact) mass is 671 g/mol. The minimum atomic E-state index is 0.888. The molecule has 0 atom stereocenters. The van der Waals surface area contributed by atoms with Gasteiger partial charge < -0.3 is 9.32 Å². The van der Waals surface area contributed by atoms with Crippen molar-refractivity contribution in [3.63, 3.8) is 0 Å². The van der Waals surface area contributed by atoms with Crippen LogP contribution in [0.1, 0.15) is 0 Å². The van der Waals surface area contributed by atoms with E-state index in [4.69, 9.17) is 9.40 Å². The molecule has 0 aliphatic carbocycles. The van der Waals surface area contributed by atoms with Crippen LogP contribution in [0.2, 0.25) is 0 Å². The second kappa shape index (κ2) is 12.1. The molecule has 4 aromatic heterocycles. The van der Waals surface area contributed by atoms with Gasteiger partial charge in [0.25, 0.3) is 0 Å². The molecule has 0 spiro atoms. The molecule has 10 aromatic rings. The number of aromatic nitrogens is 2. The molecule has 4 nitrogen and oxygen atoms in total. The fourth-order valence-corrected chi connectivity index (χ4v) is 8.34. The molecule has 51 heavy (non-hydrogen) atoms. The Morgan fingerprint density at radius 2 is 1.12 bits per heavy atom. The summed E-state index contributed by atoms with van der Waals surface area (Å²) in [6.07, 6.45) is 3.78. The van der Waals surface area contributed by atoms with Gasteiger partial charge in [-0.2, -0.15) is 0 Å². The van der Waals surface area contributed by atoms with E-state index in [1.54, 1.807) is 0 Å². The molecule has 0 N–H and O–H groups in total. The van der Waals surface area contributed by atoms with Crippen LogP contribution in [-0.2, 0) is 0 Å². The Morgan fingerprint density at radius 3 is 1.86 bits per heavy atom. The molecule has 4 heterocycles. The van der Waals surface area contributed by atoms with Gasteiger partial charge in [-0.25, -0.2) is 0 Å². The van der Waals surface area contributed by atoms with Crippen molar-refractivity contribution in [3.05, 3.63) is 176 Å². The Bertz CT molecular complexity index is 2840. The number of fused-ring (bicyclic) bond motifs is 6. The summed E-state index contributed by atoms with van der Waals surface area (Å²) in [6.45, 7) is 0. The van der Waals surface area contributed by atoms with E-state index in [2.05, 4.69) is 143 Å². The molecule has 0 bridgehead atoms. The number of benzene rings is 6. The van der Waals surface area contributed by atoms with Gasteiger partial charge in [0.2, 0.25) is 0 Å². The van der Waals surface area contributed by atoms with E-state index in [-0.39, 0.29) is 0 Å². The van der Waals surface area contributed by atoms with Crippen molar-refractivity contribution in [2.24, 2.45) is 0 Å². The SMILES string of the molecule is c1ccc(-c2ccc(N(c3ccc(-c4ccc(-c5cccc6c5oc5ccccc56)cn4)cc3)c3cccc4c3sc3ccccc34)cc2)nc1. The number of anilines is 3. The van der Waals surface area contributed by atoms with Gasteiger partial charge in [-0.3, -0.25) is 9.97 Å². The number of thiophene rings is 1. The number of pyridine rings is 2. The number of para-hydroxylation sites is 2. The van der Waals surface area contributed by atoms with Gasteiger partial charge in [0, 0.05) is 72.3 Å². The molecule has 0 fully saturated rings. The second-order valence-corrected chi connectivity index (χ2v) is 13.7. The molecule has 0 radical (unpaired) electrons. The lowest BCUT2D eigenvalue weighted by Gasteiger charge is -2.26. The quantitative estimate of drug-likeness (QED) is 0.176. The molecule has 0 saturated carbocycles. The van der Waals surface area contributed by atoms with Crippen molar-refractivity contribution >= 4 is 70.5 Å². The summed E-state index contributed by atoms with van der Waals surface area (Å²) in [7, 11) is 0. The average molecular weight is 672 g/mol. The van der Waals surface area contributed by atoms with E-state index in [0.717, 1.165) is 72.6 Å². The highest BCUT2D eigenvalue weighted by Gasteiger charge is 2.19. The van der Waals surface area contributed by atoms with Crippen LogP contribution >= 0.6 is 11.3 Å². The van der Waals surface area contributed by atoms with E-state index in [1.807, 2.05) is 54.1 Å². The van der Waals surface area contributed by atoms with E-state index >= 15 is 0 Å². The summed E-state index contributed by atoms with van der Waals surface area (Å²) in [5, 5.41) is 4.79. The highest BCUT2D eigenvalue weighted by molar-refractivity contribution is 7.26. The zero-order valence-corrected chi connectivity index (χ0v) is 28.2. The van der Waals surface area contributed by atoms with E-state index in [9.17, 15) is 0 Å². The van der Waals surface area contributed by atoms with Gasteiger partial charge in [0.15, 0.2) is 0 Å². The van der Waals surface area contributed by atoms with E-state index in [1.165, 1.54) is 20.2 Å². The summed E-state index contributed by atoms with van der Waals surface area (Å²) in [4.78, 5) is 11.8. The first kappa shape index (κ1) is 29.4. The Morgan fingerprint density at radius 1 is 0.471 bits per heavy atom. The van der Waals surface area contributed by atoms with Crippen LogP contribution in [0.15, 0.2) is 181 Å². The largest absolute Gasteiger partial charge is 0.455 e. The van der Waals surface area contributed by atoms with Gasteiger partial charge in [-0.1, -0.05) is 103 Å². The molecule has 0 unspecified atom stereocenters. The fraction of sp³-hybridized carbons (Fsp3) is 0. The normalized spacial score (nSPS) is 11.5. The molecule has 0 saturated heterocycles. The Hall–Kier alpha value is -6.56. The third-order valence-corrected chi connectivity index (χ3v) is 10.8. The summed E-state index contributed by atoms with van der Waals surface area (Å²) in [6, 6.07) is 57.4. The van der Waals surface area contributed by atoms with Crippen LogP contribution in [0.4, 0.5) is 17.1 Å². The maximum Gasteiger partial charge on any atom is 0.143 e. The standard InChI is InChI=1S/C46H29N3OS/c1-3-16-43-36(9-1)38-12-7-11-35(45(38)50-43)32-22-27-41(48-29-32)31-20-25-34(26-21-31)49(33-23-18-30(19-24-33)40-14-5-6-28-47-40)42-15-8-13-39-37-10-2-4-17-44(37)51-46(39)42/h1-29H. The smallest absolute Gasteiger partial charge is 0.143 e. The Kier molecular flexibility index (Phi) is 6.96. The second-order valence-electron chi connectivity index (χ2n) is 12.6. The Labute approximate surface area is 298 Å². The molecule has 0 aliphatic heterocycles. The van der Waals surface area contributed by atoms with Gasteiger partial charge in [0.1, 0.15) is 11.2 Å². The third-order valence-electron chi connectivity index (χ3n) is 9.61. The molecular formula is C46H29N3OS. The molecule has 5 heteroatoms. The highest BCUT2D eigenvalue weighted by Crippen LogP contribution is 2.45. The molecule has 0 aliphatic rings. The van der Waals surface area contributed by atoms with E-state index in [0.29, 0.717) is 0 Å². The van der Waals surface area contributed by atoms with Gasteiger partial charge in [-0.15, -0.1) is 11.3 Å². The zero-order valence-electron chi connectivity index (χ0n) is 27.4. The molecule has 10 rings (SSSR count). The number of hydrogen-bond donors (Lipinski definition) is 0. The Balaban J connectivity index is 1.03. The number of hydrogen-bond acceptors (Lipinski definition) is 5. The zero-order chi connectivity index (χ0) is 33.7. The van der Waals surface area contributed by atoms with Crippen LogP contribution < -0.4 is 4.90 Å². The van der Waals surface area contributed by atoms with Crippen molar-refractivity contribution < 1.29 is 4.42 Å². The summed E-state index contributed by atoms with van der Waals surface area (Å²) in [5.74, 6) is 0. The average Bonchev–Trinajstić information content (AvgIpc) is 3.78. The van der Waals surface area contributed by atoms with Crippen LogP contribution in [0, 0.1) is 0 Å². The van der Waals surface area contributed by atoms with Crippen molar-refractivity contribution in [2.45, 2.75) is 0 Å². The number of rotatable bonds is 6. The molecule has 0 amide bonds. The first-order chi connectivity index (χ1) is 25.3. The lowest BCUT2D eigenvalue weighted by atomic mass is 10.0. The predicted octanol–water partition coefficient (Wildman–Crippen LogP) is 13.2. The van der Waals surface area contributed by atoms with E-state index < -0.39 is 0 Å². The molecular weight excluding hydrogens is 643 g/mol. The first-order valence-corrected chi connectivity index (χ1v) is 17.8. The topological polar surface area (TPSA) is 42.2 Å². The van der Waals surface area contributed by atoms with Crippen molar-refractivity contribution in [1.29, 1.82) is 0 Å². The van der Waals surface area contributed by atoms with Crippen molar-refractivity contribution in [2.75, 3.05) is 4.90 Å². The van der Waals surface area contributed by atoms with Gasteiger partial charge >= 0.3 is 0 Å². The van der Waals surface area contributed by atoms with Crippen LogP contribution in [0.3, 0.4) is 0 Å². The van der Waals surface area contributed by atoms with Crippen molar-refractivity contribution in [3.8, 4) is 33.6 Å². The first-order valence-electron chi connectivity index (χ1n) is 17.0. The maximum absolute atomic E-state index is 6.30. The lowest BCUT2D eigenvalue weighted by molar-refractivity contribution is 0.670. The predicted molar refractivity (Wildman–Crippen MR) is 213 cm³/mol. The minimum absolute atomic E-state index is 0.888. The minimum Gasteiger partial charge on any atom is -0.455 e. The molecule has 6 aromatic carbocycles. The number of furan rings is 1. The van der Waals surface area contributed by atoms with Crippen LogP contribution in [0.25, 0.3) is 75.8 Å². The number of nitrogens with zero attached hydrogens (tertiary/aromatic N) is 3. The molecule has 240 valence electrons. The van der Waals surface area contributed by atoms with Crippen LogP contribution in [-0.4, -0.2) is 9.97 Å². The summed E-state index contributed by atoms with van der Waals surface area (Å²) >= 11 is 1.84. The highest BCUT2D eigenvalue weighted by atomic mass is 32.1. The summed E-state index contributed by atoms with van der Waals surface area (Å²) in [5.41, 5.74) is 11.2. The van der Waals surface area contributed by atoms with Crippen LogP contribution in [0.5, 0.6) is 0 Å². The van der Waals surface area contributed by atoms with Gasteiger partial charge in [-0.05, 0) is 60.7 Å². The summed E-state index contributed by atoms with van der Waals surface area (Å²) < 4.78 is 8.84. The van der Waals surface area contributed by atoms with Gasteiger partial charge in [0.05, 0.1) is 21.8 Å². The lowest BCUT2D eigenvalue weighted by Crippen LogP contribution is -2.10. The fourth-order valence-electron chi connectivity index (χ4n) is 7.13. The third kappa shape index (κ3) is 5.06.